The van der Waals surface area contributed by atoms with Crippen molar-refractivity contribution in [1.29, 1.82) is 0 Å². The summed E-state index contributed by atoms with van der Waals surface area (Å²) in [5.41, 5.74) is 3.83. The summed E-state index contributed by atoms with van der Waals surface area (Å²) in [7, 11) is 0. The zero-order chi connectivity index (χ0) is 10.7. The SMILES string of the molecule is CC(=O)C(C)=Nc1ccc(C)c(C)c1. The molecule has 0 radical (unpaired) electrons. The van der Waals surface area contributed by atoms with Gasteiger partial charge in [-0.15, -0.1) is 0 Å². The first kappa shape index (κ1) is 10.6. The third-order valence-electron chi connectivity index (χ3n) is 2.30. The number of nitrogens with zero attached hydrogens (tertiary/aromatic N) is 1. The maximum absolute atomic E-state index is 11.0. The molecule has 0 N–H and O–H groups in total. The summed E-state index contributed by atoms with van der Waals surface area (Å²) in [4.78, 5) is 15.2. The Bertz CT molecular complexity index is 391. The lowest BCUT2D eigenvalue weighted by atomic mass is 10.1. The number of hydrogen-bond acceptors (Lipinski definition) is 2. The fraction of sp³-hybridized carbons (Fsp3) is 0.333. The van der Waals surface area contributed by atoms with Gasteiger partial charge < -0.3 is 0 Å². The molecule has 0 aliphatic rings. The Balaban J connectivity index is 3.04. The number of ketones is 1. The van der Waals surface area contributed by atoms with Gasteiger partial charge >= 0.3 is 0 Å². The fourth-order valence-electron chi connectivity index (χ4n) is 1.07. The minimum atomic E-state index is 0.0169. The number of Topliss-reactive ketones (excluding diaryl/α,β-unsaturated/α-hetero) is 1. The minimum absolute atomic E-state index is 0.0169. The highest BCUT2D eigenvalue weighted by molar-refractivity contribution is 6.38. The Morgan fingerprint density at radius 3 is 2.29 bits per heavy atom. The Morgan fingerprint density at radius 1 is 1.14 bits per heavy atom. The van der Waals surface area contributed by atoms with Crippen LogP contribution < -0.4 is 0 Å². The summed E-state index contributed by atoms with van der Waals surface area (Å²) in [5, 5.41) is 0. The molecule has 74 valence electrons. The summed E-state index contributed by atoms with van der Waals surface area (Å²) >= 11 is 0. The van der Waals surface area contributed by atoms with Crippen LogP contribution in [0.1, 0.15) is 25.0 Å². The van der Waals surface area contributed by atoms with Crippen molar-refractivity contribution in [3.63, 3.8) is 0 Å². The van der Waals surface area contributed by atoms with Gasteiger partial charge in [0.2, 0.25) is 0 Å². The van der Waals surface area contributed by atoms with Crippen LogP contribution in [0.4, 0.5) is 5.69 Å². The van der Waals surface area contributed by atoms with Crippen molar-refractivity contribution < 1.29 is 4.79 Å². The Kier molecular flexibility index (Phi) is 3.18. The average molecular weight is 189 g/mol. The van der Waals surface area contributed by atoms with Crippen LogP contribution in [0.3, 0.4) is 0 Å². The van der Waals surface area contributed by atoms with Crippen LogP contribution in [0.2, 0.25) is 0 Å². The quantitative estimate of drug-likeness (QED) is 0.657. The van der Waals surface area contributed by atoms with Crippen LogP contribution in [0.5, 0.6) is 0 Å². The number of aryl methyl sites for hydroxylation is 2. The predicted octanol–water partition coefficient (Wildman–Crippen LogP) is 2.98. The second-order valence-electron chi connectivity index (χ2n) is 3.52. The number of hydrogen-bond donors (Lipinski definition) is 0. The summed E-state index contributed by atoms with van der Waals surface area (Å²) in [6, 6.07) is 5.93. The lowest BCUT2D eigenvalue weighted by Gasteiger charge is -2.01. The van der Waals surface area contributed by atoms with Gasteiger partial charge in [-0.25, -0.2) is 0 Å². The molecule has 2 heteroatoms. The third-order valence-corrected chi connectivity index (χ3v) is 2.30. The average Bonchev–Trinajstić information content (AvgIpc) is 2.11. The van der Waals surface area contributed by atoms with Gasteiger partial charge in [-0.2, -0.15) is 0 Å². The van der Waals surface area contributed by atoms with E-state index < -0.39 is 0 Å². The zero-order valence-corrected chi connectivity index (χ0v) is 9.09. The molecule has 0 heterocycles. The summed E-state index contributed by atoms with van der Waals surface area (Å²) < 4.78 is 0. The molecule has 0 aliphatic carbocycles. The smallest absolute Gasteiger partial charge is 0.173 e. The molecule has 0 aromatic heterocycles. The number of carbonyl (C=O) groups is 1. The summed E-state index contributed by atoms with van der Waals surface area (Å²) in [6.07, 6.45) is 0. The van der Waals surface area contributed by atoms with Crippen LogP contribution in [0.25, 0.3) is 0 Å². The highest BCUT2D eigenvalue weighted by Gasteiger charge is 1.99. The fourth-order valence-corrected chi connectivity index (χ4v) is 1.07. The van der Waals surface area contributed by atoms with Crippen molar-refractivity contribution in [2.45, 2.75) is 27.7 Å². The Hall–Kier alpha value is -1.44. The van der Waals surface area contributed by atoms with Crippen molar-refractivity contribution in [2.75, 3.05) is 0 Å². The molecule has 0 fully saturated rings. The lowest BCUT2D eigenvalue weighted by molar-refractivity contribution is -0.111. The van der Waals surface area contributed by atoms with Crippen LogP contribution in [0.15, 0.2) is 23.2 Å². The molecule has 0 amide bonds. The third kappa shape index (κ3) is 2.52. The van der Waals surface area contributed by atoms with E-state index in [-0.39, 0.29) is 5.78 Å². The van der Waals surface area contributed by atoms with Crippen LogP contribution in [-0.4, -0.2) is 11.5 Å². The molecule has 0 unspecified atom stereocenters. The topological polar surface area (TPSA) is 29.4 Å². The molecular formula is C12H15NO. The van der Waals surface area contributed by atoms with Gasteiger partial charge in [0.1, 0.15) is 0 Å². The largest absolute Gasteiger partial charge is 0.293 e. The van der Waals surface area contributed by atoms with Crippen molar-refractivity contribution in [3.05, 3.63) is 29.3 Å². The molecule has 1 aromatic carbocycles. The summed E-state index contributed by atoms with van der Waals surface area (Å²) in [5.74, 6) is 0.0169. The zero-order valence-electron chi connectivity index (χ0n) is 9.09. The standard InChI is InChI=1S/C12H15NO/c1-8-5-6-12(7-9(8)2)13-10(3)11(4)14/h5-7H,1-4H3. The molecule has 0 spiro atoms. The number of aliphatic imine (C=N–C) groups is 1. The number of carbonyl (C=O) groups excluding carboxylic acids is 1. The predicted molar refractivity (Wildman–Crippen MR) is 59.4 cm³/mol. The first-order chi connectivity index (χ1) is 6.50. The Labute approximate surface area is 84.7 Å². The van der Waals surface area contributed by atoms with E-state index in [4.69, 9.17) is 0 Å². The van der Waals surface area contributed by atoms with E-state index in [2.05, 4.69) is 11.9 Å². The number of benzene rings is 1. The van der Waals surface area contributed by atoms with Crippen LogP contribution in [-0.2, 0) is 4.79 Å². The summed E-state index contributed by atoms with van der Waals surface area (Å²) in [6.45, 7) is 7.36. The van der Waals surface area contributed by atoms with E-state index in [1.807, 2.05) is 25.1 Å². The van der Waals surface area contributed by atoms with E-state index in [1.54, 1.807) is 6.92 Å². The maximum atomic E-state index is 11.0. The van der Waals surface area contributed by atoms with Crippen LogP contribution in [0, 0.1) is 13.8 Å². The minimum Gasteiger partial charge on any atom is -0.293 e. The molecule has 0 saturated heterocycles. The molecule has 1 rings (SSSR count). The highest BCUT2D eigenvalue weighted by Crippen LogP contribution is 2.17. The molecular weight excluding hydrogens is 174 g/mol. The van der Waals surface area contributed by atoms with Gasteiger partial charge in [-0.05, 0) is 44.0 Å². The Morgan fingerprint density at radius 2 is 1.79 bits per heavy atom. The first-order valence-corrected chi connectivity index (χ1v) is 4.64. The van der Waals surface area contributed by atoms with Gasteiger partial charge in [0.15, 0.2) is 5.78 Å². The molecule has 0 atom stereocenters. The monoisotopic (exact) mass is 189 g/mol. The van der Waals surface area contributed by atoms with Crippen molar-refractivity contribution in [3.8, 4) is 0 Å². The lowest BCUT2D eigenvalue weighted by Crippen LogP contribution is -2.03. The molecule has 1 aromatic rings. The van der Waals surface area contributed by atoms with Crippen molar-refractivity contribution in [1.82, 2.24) is 0 Å². The molecule has 0 aliphatic heterocycles. The highest BCUT2D eigenvalue weighted by atomic mass is 16.1. The van der Waals surface area contributed by atoms with E-state index in [0.717, 1.165) is 5.69 Å². The van der Waals surface area contributed by atoms with E-state index in [9.17, 15) is 4.79 Å². The second-order valence-corrected chi connectivity index (χ2v) is 3.52. The van der Waals surface area contributed by atoms with Crippen LogP contribution >= 0.6 is 0 Å². The number of rotatable bonds is 2. The second kappa shape index (κ2) is 4.18. The molecule has 14 heavy (non-hydrogen) atoms. The van der Waals surface area contributed by atoms with E-state index >= 15 is 0 Å². The first-order valence-electron chi connectivity index (χ1n) is 4.64. The molecule has 0 bridgehead atoms. The van der Waals surface area contributed by atoms with Gasteiger partial charge in [-0.3, -0.25) is 9.79 Å². The van der Waals surface area contributed by atoms with Gasteiger partial charge in [0.25, 0.3) is 0 Å². The molecule has 0 saturated carbocycles. The normalized spacial score (nSPS) is 11.6. The van der Waals surface area contributed by atoms with Gasteiger partial charge in [0, 0.05) is 6.92 Å². The maximum Gasteiger partial charge on any atom is 0.173 e. The van der Waals surface area contributed by atoms with Crippen molar-refractivity contribution in [2.24, 2.45) is 4.99 Å². The van der Waals surface area contributed by atoms with Gasteiger partial charge in [-0.1, -0.05) is 6.07 Å². The molecule has 2 nitrogen and oxygen atoms in total. The van der Waals surface area contributed by atoms with E-state index in [1.165, 1.54) is 18.1 Å². The van der Waals surface area contributed by atoms with E-state index in [0.29, 0.717) is 5.71 Å². The van der Waals surface area contributed by atoms with Gasteiger partial charge in [0.05, 0.1) is 11.4 Å². The van der Waals surface area contributed by atoms with Crippen molar-refractivity contribution >= 4 is 17.2 Å².